The van der Waals surface area contributed by atoms with Gasteiger partial charge in [-0.15, -0.1) is 0 Å². The van der Waals surface area contributed by atoms with Crippen molar-refractivity contribution in [3.63, 3.8) is 0 Å². The van der Waals surface area contributed by atoms with Crippen LogP contribution in [-0.2, 0) is 9.59 Å². The van der Waals surface area contributed by atoms with Gasteiger partial charge in [0.1, 0.15) is 3.42 Å². The Hall–Kier alpha value is -0.330. The lowest BCUT2D eigenvalue weighted by Gasteiger charge is -2.28. The van der Waals surface area contributed by atoms with Crippen molar-refractivity contribution in [1.29, 1.82) is 0 Å². The van der Waals surface area contributed by atoms with E-state index in [4.69, 9.17) is 5.11 Å². The lowest BCUT2D eigenvalue weighted by atomic mass is 9.84. The van der Waals surface area contributed by atoms with E-state index in [1.54, 1.807) is 0 Å². The number of alkyl halides is 1. The number of halogens is 1. The molecule has 0 bridgehead atoms. The van der Waals surface area contributed by atoms with E-state index in [-0.39, 0.29) is 6.42 Å². The lowest BCUT2D eigenvalue weighted by molar-refractivity contribution is -0.140. The topological polar surface area (TPSA) is 74.6 Å². The number of carboxylic acid groups (broad SMARTS) is 2. The van der Waals surface area contributed by atoms with Gasteiger partial charge in [0, 0.05) is 6.42 Å². The molecule has 0 spiro atoms. The number of unbranched alkanes of at least 4 members (excludes halogenated alkanes) is 8. The Morgan fingerprint density at radius 1 is 0.815 bits per heavy atom. The first-order chi connectivity index (χ1) is 12.9. The Balaban J connectivity index is 4.16. The number of carbonyl (C=O) groups is 2. The number of hydrogen-bond donors (Lipinski definition) is 2. The maximum Gasteiger partial charge on any atom is 0.319 e. The number of rotatable bonds is 19. The predicted molar refractivity (Wildman–Crippen MR) is 121 cm³/mol. The average molecular weight is 496 g/mol. The summed E-state index contributed by atoms with van der Waals surface area (Å²) in [4.78, 5) is 22.4. The molecule has 0 amide bonds. The molecule has 4 nitrogen and oxygen atoms in total. The van der Waals surface area contributed by atoms with E-state index < -0.39 is 15.4 Å². The van der Waals surface area contributed by atoms with Gasteiger partial charge < -0.3 is 10.2 Å². The molecule has 2 N–H and O–H groups in total. The van der Waals surface area contributed by atoms with Crippen LogP contribution in [0.25, 0.3) is 0 Å². The molecule has 0 radical (unpaired) electrons. The van der Waals surface area contributed by atoms with Gasteiger partial charge in [0.15, 0.2) is 0 Å². The average Bonchev–Trinajstić information content (AvgIpc) is 2.60. The monoisotopic (exact) mass is 496 g/mol. The van der Waals surface area contributed by atoms with E-state index >= 15 is 0 Å². The van der Waals surface area contributed by atoms with Gasteiger partial charge >= 0.3 is 11.9 Å². The quantitative estimate of drug-likeness (QED) is 0.112. The zero-order valence-electron chi connectivity index (χ0n) is 17.5. The van der Waals surface area contributed by atoms with Gasteiger partial charge in [-0.3, -0.25) is 9.59 Å². The summed E-state index contributed by atoms with van der Waals surface area (Å²) in [6.07, 6.45) is 16.0. The third kappa shape index (κ3) is 14.3. The highest BCUT2D eigenvalue weighted by Gasteiger charge is 2.36. The van der Waals surface area contributed by atoms with Crippen molar-refractivity contribution in [1.82, 2.24) is 0 Å². The summed E-state index contributed by atoms with van der Waals surface area (Å²) in [5.74, 6) is -0.824. The van der Waals surface area contributed by atoms with Crippen LogP contribution in [0.15, 0.2) is 0 Å². The van der Waals surface area contributed by atoms with Crippen LogP contribution < -0.4 is 0 Å². The third-order valence-corrected chi connectivity index (χ3v) is 6.81. The Morgan fingerprint density at radius 3 is 1.93 bits per heavy atom. The summed E-state index contributed by atoms with van der Waals surface area (Å²) in [5.41, 5.74) is 0. The van der Waals surface area contributed by atoms with Crippen molar-refractivity contribution in [3.05, 3.63) is 0 Å². The Morgan fingerprint density at radius 2 is 1.41 bits per heavy atom. The van der Waals surface area contributed by atoms with Gasteiger partial charge in [-0.05, 0) is 25.2 Å². The molecule has 2 atom stereocenters. The Kier molecular flexibility index (Phi) is 16.4. The van der Waals surface area contributed by atoms with Crippen LogP contribution in [0.5, 0.6) is 0 Å². The van der Waals surface area contributed by atoms with Crippen molar-refractivity contribution in [2.75, 3.05) is 0 Å². The first-order valence-corrected chi connectivity index (χ1v) is 12.1. The first kappa shape index (κ1) is 26.7. The highest BCUT2D eigenvalue weighted by molar-refractivity contribution is 14.1. The molecule has 0 saturated heterocycles. The Bertz CT molecular complexity index is 400. The van der Waals surface area contributed by atoms with Gasteiger partial charge in [-0.2, -0.15) is 0 Å². The lowest BCUT2D eigenvalue weighted by Crippen LogP contribution is -2.34. The fourth-order valence-corrected chi connectivity index (χ4v) is 4.76. The summed E-state index contributed by atoms with van der Waals surface area (Å²) < 4.78 is -0.620. The van der Waals surface area contributed by atoms with Gasteiger partial charge in [0.25, 0.3) is 0 Å². The molecule has 0 saturated carbocycles. The molecule has 0 aromatic carbocycles. The molecular weight excluding hydrogens is 455 g/mol. The van der Waals surface area contributed by atoms with Crippen LogP contribution in [0, 0.1) is 5.92 Å². The molecule has 0 aliphatic rings. The minimum atomic E-state index is -0.710. The van der Waals surface area contributed by atoms with E-state index in [1.165, 1.54) is 19.3 Å². The van der Waals surface area contributed by atoms with Crippen LogP contribution >= 0.6 is 22.6 Å². The van der Waals surface area contributed by atoms with Gasteiger partial charge in [0.2, 0.25) is 0 Å². The molecule has 160 valence electrons. The molecule has 0 aromatic rings. The van der Waals surface area contributed by atoms with E-state index in [0.29, 0.717) is 5.92 Å². The fourth-order valence-electron chi connectivity index (χ4n) is 3.76. The smallest absolute Gasteiger partial charge is 0.319 e. The molecule has 0 heterocycles. The van der Waals surface area contributed by atoms with Gasteiger partial charge in [-0.1, -0.05) is 113 Å². The number of carboxylic acids is 2. The zero-order chi connectivity index (χ0) is 20.5. The maximum absolute atomic E-state index is 11.9. The highest BCUT2D eigenvalue weighted by Crippen LogP contribution is 2.37. The van der Waals surface area contributed by atoms with Crippen LogP contribution in [0.2, 0.25) is 0 Å². The first-order valence-electron chi connectivity index (χ1n) is 11.0. The third-order valence-electron chi connectivity index (χ3n) is 5.37. The summed E-state index contributed by atoms with van der Waals surface area (Å²) in [6.45, 7) is 4.40. The van der Waals surface area contributed by atoms with E-state index in [2.05, 4.69) is 36.4 Å². The second kappa shape index (κ2) is 16.6. The SMILES string of the molecule is CCCCCC(CCC)CC(I)(CCCCCCCCCC(=O)O)C(=O)O. The second-order valence-electron chi connectivity index (χ2n) is 7.99. The molecule has 2 unspecified atom stereocenters. The summed E-state index contributed by atoms with van der Waals surface area (Å²) >= 11 is 2.21. The summed E-state index contributed by atoms with van der Waals surface area (Å²) in [6, 6.07) is 0. The molecule has 27 heavy (non-hydrogen) atoms. The molecule has 0 aliphatic carbocycles. The molecule has 0 fully saturated rings. The molecule has 0 aliphatic heterocycles. The molecule has 0 aromatic heterocycles. The standard InChI is InChI=1S/C22H41IO4/c1-3-5-11-15-19(14-4-2)18-22(23,21(26)27)17-13-10-8-6-7-9-12-16-20(24)25/h19H,3-18H2,1-2H3,(H,24,25)(H,26,27). The van der Waals surface area contributed by atoms with Crippen molar-refractivity contribution < 1.29 is 19.8 Å². The van der Waals surface area contributed by atoms with Crippen molar-refractivity contribution >= 4 is 34.5 Å². The van der Waals surface area contributed by atoms with Crippen LogP contribution in [0.1, 0.15) is 117 Å². The van der Waals surface area contributed by atoms with E-state index in [1.807, 2.05) is 0 Å². The van der Waals surface area contributed by atoms with Crippen molar-refractivity contribution in [2.45, 2.75) is 120 Å². The minimum Gasteiger partial charge on any atom is -0.481 e. The summed E-state index contributed by atoms with van der Waals surface area (Å²) in [7, 11) is 0. The highest BCUT2D eigenvalue weighted by atomic mass is 127. The fraction of sp³-hybridized carbons (Fsp3) is 0.909. The van der Waals surface area contributed by atoms with Crippen LogP contribution in [0.4, 0.5) is 0 Å². The predicted octanol–water partition coefficient (Wildman–Crippen LogP) is 7.23. The summed E-state index contributed by atoms with van der Waals surface area (Å²) in [5, 5.41) is 18.4. The van der Waals surface area contributed by atoms with Gasteiger partial charge in [-0.25, -0.2) is 0 Å². The second-order valence-corrected chi connectivity index (χ2v) is 10.1. The van der Waals surface area contributed by atoms with Crippen LogP contribution in [0.3, 0.4) is 0 Å². The molecule has 5 heteroatoms. The number of aliphatic carboxylic acids is 2. The minimum absolute atomic E-state index is 0.271. The van der Waals surface area contributed by atoms with Crippen LogP contribution in [-0.4, -0.2) is 25.6 Å². The molecular formula is C22H41IO4. The van der Waals surface area contributed by atoms with Crippen molar-refractivity contribution in [3.8, 4) is 0 Å². The number of hydrogen-bond acceptors (Lipinski definition) is 2. The van der Waals surface area contributed by atoms with E-state index in [0.717, 1.165) is 77.0 Å². The normalized spacial score (nSPS) is 14.6. The van der Waals surface area contributed by atoms with Gasteiger partial charge in [0.05, 0.1) is 0 Å². The molecule has 0 rings (SSSR count). The zero-order valence-corrected chi connectivity index (χ0v) is 19.6. The maximum atomic E-state index is 11.9. The van der Waals surface area contributed by atoms with E-state index in [9.17, 15) is 14.7 Å². The Labute approximate surface area is 180 Å². The largest absolute Gasteiger partial charge is 0.481 e. The van der Waals surface area contributed by atoms with Crippen molar-refractivity contribution in [2.24, 2.45) is 5.92 Å².